The Bertz CT molecular complexity index is 917. The SMILES string of the molecule is C=P(C)(C)CC[C@@]1(CC)O[C@@H](n2cnc3c(=O)[nH]c(C)nc32)[C@H](O)[C@@H]1O. The number of nitrogens with zero attached hydrogens (tertiary/aromatic N) is 3. The molecule has 2 aromatic heterocycles. The van der Waals surface area contributed by atoms with E-state index in [1.54, 1.807) is 6.92 Å². The van der Waals surface area contributed by atoms with Gasteiger partial charge in [-0.3, -0.25) is 9.36 Å². The second kappa shape index (κ2) is 6.60. The van der Waals surface area contributed by atoms with E-state index in [1.807, 2.05) is 6.92 Å². The van der Waals surface area contributed by atoms with Crippen molar-refractivity contribution >= 4 is 24.3 Å². The highest BCUT2D eigenvalue weighted by Gasteiger charge is 2.53. The van der Waals surface area contributed by atoms with Crippen LogP contribution in [-0.4, -0.2) is 73.3 Å². The Morgan fingerprint density at radius 3 is 2.77 bits per heavy atom. The van der Waals surface area contributed by atoms with E-state index in [0.717, 1.165) is 6.16 Å². The largest absolute Gasteiger partial charge is 0.387 e. The zero-order chi connectivity index (χ0) is 19.3. The Morgan fingerprint density at radius 2 is 2.15 bits per heavy atom. The second-order valence-electron chi connectivity index (χ2n) is 7.75. The van der Waals surface area contributed by atoms with E-state index in [9.17, 15) is 15.0 Å². The van der Waals surface area contributed by atoms with Crippen molar-refractivity contribution in [2.75, 3.05) is 19.5 Å². The van der Waals surface area contributed by atoms with Crippen LogP contribution in [0.25, 0.3) is 11.2 Å². The molecular formula is C17H27N4O4P. The molecule has 3 heterocycles. The van der Waals surface area contributed by atoms with Crippen LogP contribution in [0.4, 0.5) is 0 Å². The highest BCUT2D eigenvalue weighted by Crippen LogP contribution is 2.46. The van der Waals surface area contributed by atoms with E-state index in [4.69, 9.17) is 4.74 Å². The van der Waals surface area contributed by atoms with Crippen LogP contribution in [-0.2, 0) is 4.74 Å². The fraction of sp³-hybridized carbons (Fsp3) is 0.647. The molecule has 8 nitrogen and oxygen atoms in total. The Labute approximate surface area is 152 Å². The van der Waals surface area contributed by atoms with Gasteiger partial charge in [0.1, 0.15) is 18.0 Å². The molecular weight excluding hydrogens is 355 g/mol. The van der Waals surface area contributed by atoms with Gasteiger partial charge in [0.2, 0.25) is 0 Å². The molecule has 0 saturated carbocycles. The lowest BCUT2D eigenvalue weighted by Gasteiger charge is -2.32. The molecule has 3 rings (SSSR count). The number of hydrogen-bond donors (Lipinski definition) is 3. The summed E-state index contributed by atoms with van der Waals surface area (Å²) < 4.78 is 7.75. The van der Waals surface area contributed by atoms with E-state index in [2.05, 4.69) is 34.6 Å². The van der Waals surface area contributed by atoms with Gasteiger partial charge in [-0.2, -0.15) is 0 Å². The number of aliphatic hydroxyl groups is 2. The quantitative estimate of drug-likeness (QED) is 0.663. The van der Waals surface area contributed by atoms with Crippen molar-refractivity contribution in [2.45, 2.75) is 50.7 Å². The van der Waals surface area contributed by atoms with Crippen LogP contribution in [0.5, 0.6) is 0 Å². The number of H-pyrrole nitrogens is 1. The fourth-order valence-electron chi connectivity index (χ4n) is 3.46. The van der Waals surface area contributed by atoms with Gasteiger partial charge in [0.15, 0.2) is 17.4 Å². The Morgan fingerprint density at radius 1 is 1.46 bits per heavy atom. The molecule has 1 aliphatic rings. The maximum atomic E-state index is 12.0. The molecule has 1 fully saturated rings. The van der Waals surface area contributed by atoms with Gasteiger partial charge in [0.25, 0.3) is 5.56 Å². The van der Waals surface area contributed by atoms with E-state index >= 15 is 0 Å². The van der Waals surface area contributed by atoms with Gasteiger partial charge < -0.3 is 19.9 Å². The average molecular weight is 382 g/mol. The lowest BCUT2D eigenvalue weighted by atomic mass is 9.90. The Hall–Kier alpha value is -1.47. The Kier molecular flexibility index (Phi) is 4.90. The molecule has 0 unspecified atom stereocenters. The number of ether oxygens (including phenoxy) is 1. The monoisotopic (exact) mass is 382 g/mol. The lowest BCUT2D eigenvalue weighted by molar-refractivity contribution is -0.106. The smallest absolute Gasteiger partial charge is 0.279 e. The zero-order valence-corrected chi connectivity index (χ0v) is 16.5. The van der Waals surface area contributed by atoms with Crippen molar-refractivity contribution in [1.82, 2.24) is 19.5 Å². The first kappa shape index (κ1) is 19.3. The fourth-order valence-corrected chi connectivity index (χ4v) is 4.44. The topological polar surface area (TPSA) is 113 Å². The van der Waals surface area contributed by atoms with Crippen LogP contribution in [0.1, 0.15) is 31.8 Å². The van der Waals surface area contributed by atoms with Crippen molar-refractivity contribution < 1.29 is 14.9 Å². The molecule has 9 heteroatoms. The second-order valence-corrected chi connectivity index (χ2v) is 12.1. The van der Waals surface area contributed by atoms with Gasteiger partial charge in [-0.05, 0) is 39.3 Å². The summed E-state index contributed by atoms with van der Waals surface area (Å²) in [5.74, 6) is 0.447. The van der Waals surface area contributed by atoms with Crippen LogP contribution in [0.3, 0.4) is 0 Å². The first-order valence-electron chi connectivity index (χ1n) is 8.73. The third-order valence-electron chi connectivity index (χ3n) is 5.07. The number of aromatic nitrogens is 4. The average Bonchev–Trinajstić information content (AvgIpc) is 3.07. The Balaban J connectivity index is 2.00. The predicted octanol–water partition coefficient (Wildman–Crippen LogP) is 0.927. The zero-order valence-electron chi connectivity index (χ0n) is 15.6. The van der Waals surface area contributed by atoms with E-state index < -0.39 is 30.9 Å². The van der Waals surface area contributed by atoms with Gasteiger partial charge in [-0.15, -0.1) is 13.2 Å². The minimum atomic E-state index is -1.30. The van der Waals surface area contributed by atoms with Crippen LogP contribution >= 0.6 is 6.89 Å². The number of imidazole rings is 1. The molecule has 144 valence electrons. The number of aryl methyl sites for hydroxylation is 1. The maximum absolute atomic E-state index is 12.0. The van der Waals surface area contributed by atoms with Crippen LogP contribution < -0.4 is 5.56 Å². The van der Waals surface area contributed by atoms with Crippen LogP contribution in [0.2, 0.25) is 0 Å². The summed E-state index contributed by atoms with van der Waals surface area (Å²) in [6.07, 6.45) is 4.63. The number of hydrogen-bond acceptors (Lipinski definition) is 6. The van der Waals surface area contributed by atoms with Gasteiger partial charge in [0, 0.05) is 0 Å². The van der Waals surface area contributed by atoms with Gasteiger partial charge >= 0.3 is 0 Å². The predicted molar refractivity (Wildman–Crippen MR) is 103 cm³/mol. The maximum Gasteiger partial charge on any atom is 0.279 e. The first-order chi connectivity index (χ1) is 12.1. The molecule has 0 radical (unpaired) electrons. The van der Waals surface area contributed by atoms with E-state index in [-0.39, 0.29) is 11.1 Å². The summed E-state index contributed by atoms with van der Waals surface area (Å²) in [6, 6.07) is 0. The molecule has 1 aliphatic heterocycles. The van der Waals surface area contributed by atoms with Crippen molar-refractivity contribution in [2.24, 2.45) is 0 Å². The minimum Gasteiger partial charge on any atom is -0.387 e. The van der Waals surface area contributed by atoms with Gasteiger partial charge in [-0.1, -0.05) is 6.92 Å². The lowest BCUT2D eigenvalue weighted by Crippen LogP contribution is -2.43. The number of rotatable bonds is 5. The molecule has 26 heavy (non-hydrogen) atoms. The number of aromatic amines is 1. The molecule has 0 spiro atoms. The third-order valence-corrected chi connectivity index (χ3v) is 6.51. The van der Waals surface area contributed by atoms with E-state index in [1.165, 1.54) is 10.9 Å². The van der Waals surface area contributed by atoms with Crippen LogP contribution in [0, 0.1) is 6.92 Å². The van der Waals surface area contributed by atoms with Crippen molar-refractivity contribution in [3.05, 3.63) is 22.5 Å². The molecule has 3 N–H and O–H groups in total. The summed E-state index contributed by atoms with van der Waals surface area (Å²) in [5, 5.41) is 21.4. The molecule has 0 amide bonds. The van der Waals surface area contributed by atoms with Crippen molar-refractivity contribution in [1.29, 1.82) is 0 Å². The minimum absolute atomic E-state index is 0.180. The summed E-state index contributed by atoms with van der Waals surface area (Å²) in [5.41, 5.74) is -0.685. The molecule has 0 aliphatic carbocycles. The summed E-state index contributed by atoms with van der Waals surface area (Å²) in [6.45, 7) is 6.58. The highest BCUT2D eigenvalue weighted by atomic mass is 31.2. The first-order valence-corrected chi connectivity index (χ1v) is 11.8. The van der Waals surface area contributed by atoms with Crippen molar-refractivity contribution in [3.8, 4) is 0 Å². The third kappa shape index (κ3) is 3.27. The molecule has 4 atom stereocenters. The highest BCUT2D eigenvalue weighted by molar-refractivity contribution is 7.72. The number of aliphatic hydroxyl groups excluding tert-OH is 2. The van der Waals surface area contributed by atoms with E-state index in [0.29, 0.717) is 24.3 Å². The summed E-state index contributed by atoms with van der Waals surface area (Å²) in [7, 11) is 0. The van der Waals surface area contributed by atoms with Gasteiger partial charge in [-0.25, -0.2) is 9.97 Å². The molecule has 0 bridgehead atoms. The standard InChI is InChI=1S/C17H27N4O4P/c1-6-17(7-8-26(3,4)5)13(23)12(22)16(25-17)21-9-18-11-14(21)19-10(2)20-15(11)24/h9,12-13,16,22-23H,3,6-8H2,1-2,4-5H3,(H,19,20,24)/t12-,13+,16-,17-/m1/s1. The summed E-state index contributed by atoms with van der Waals surface area (Å²) in [4.78, 5) is 23.1. The number of fused-ring (bicyclic) bond motifs is 1. The molecule has 1 saturated heterocycles. The number of nitrogens with one attached hydrogen (secondary N) is 1. The molecule has 0 aromatic carbocycles. The van der Waals surface area contributed by atoms with Gasteiger partial charge in [0.05, 0.1) is 11.9 Å². The van der Waals surface area contributed by atoms with Crippen molar-refractivity contribution in [3.63, 3.8) is 0 Å². The molecule has 2 aromatic rings. The van der Waals surface area contributed by atoms with Crippen LogP contribution in [0.15, 0.2) is 11.1 Å². The normalized spacial score (nSPS) is 29.5. The summed E-state index contributed by atoms with van der Waals surface area (Å²) >= 11 is 0.